The Balaban J connectivity index is 2.22. The van der Waals surface area contributed by atoms with Gasteiger partial charge in [-0.2, -0.15) is 5.10 Å². The molecule has 0 saturated heterocycles. The van der Waals surface area contributed by atoms with Gasteiger partial charge >= 0.3 is 0 Å². The number of fused-ring (bicyclic) bond motifs is 1. The summed E-state index contributed by atoms with van der Waals surface area (Å²) in [7, 11) is 0. The van der Waals surface area contributed by atoms with E-state index in [2.05, 4.69) is 12.0 Å². The molecule has 0 N–H and O–H groups in total. The van der Waals surface area contributed by atoms with Gasteiger partial charge in [0.1, 0.15) is 12.1 Å². The lowest BCUT2D eigenvalue weighted by atomic mass is 10.1. The molecule has 2 heterocycles. The average molecular weight is 235 g/mol. The van der Waals surface area contributed by atoms with E-state index >= 15 is 0 Å². The van der Waals surface area contributed by atoms with Crippen molar-refractivity contribution in [1.82, 2.24) is 9.78 Å². The zero-order valence-corrected chi connectivity index (χ0v) is 10.2. The fraction of sp³-hybridized carbons (Fsp3) is 0.583. The molecule has 5 heteroatoms. The van der Waals surface area contributed by atoms with E-state index in [1.807, 2.05) is 17.7 Å². The molecule has 1 unspecified atom stereocenters. The SMILES string of the molecule is Cc1cc2n(n1)CC(C)CN2C(=O)CCC=O. The van der Waals surface area contributed by atoms with Crippen molar-refractivity contribution in [2.75, 3.05) is 11.4 Å². The van der Waals surface area contributed by atoms with Gasteiger partial charge in [-0.05, 0) is 12.8 Å². The Morgan fingerprint density at radius 1 is 1.59 bits per heavy atom. The Labute approximate surface area is 100 Å². The molecule has 17 heavy (non-hydrogen) atoms. The predicted molar refractivity (Wildman–Crippen MR) is 63.8 cm³/mol. The van der Waals surface area contributed by atoms with Gasteiger partial charge < -0.3 is 4.79 Å². The van der Waals surface area contributed by atoms with Crippen molar-refractivity contribution in [3.8, 4) is 0 Å². The van der Waals surface area contributed by atoms with E-state index in [0.717, 1.165) is 24.3 Å². The van der Waals surface area contributed by atoms with Crippen molar-refractivity contribution in [2.45, 2.75) is 33.2 Å². The predicted octanol–water partition coefficient (Wildman–Crippen LogP) is 1.15. The number of carbonyl (C=O) groups is 2. The molecule has 0 aromatic carbocycles. The van der Waals surface area contributed by atoms with Crippen LogP contribution >= 0.6 is 0 Å². The zero-order chi connectivity index (χ0) is 12.4. The number of hydrogen-bond donors (Lipinski definition) is 0. The Bertz CT molecular complexity index is 439. The van der Waals surface area contributed by atoms with Gasteiger partial charge in [-0.25, -0.2) is 4.68 Å². The number of rotatable bonds is 3. The van der Waals surface area contributed by atoms with Crippen LogP contribution in [0.25, 0.3) is 0 Å². The second-order valence-electron chi connectivity index (χ2n) is 4.64. The average Bonchev–Trinajstić information content (AvgIpc) is 2.64. The number of carbonyl (C=O) groups excluding carboxylic acids is 2. The van der Waals surface area contributed by atoms with Gasteiger partial charge in [-0.15, -0.1) is 0 Å². The summed E-state index contributed by atoms with van der Waals surface area (Å²) < 4.78 is 1.88. The molecule has 1 aromatic rings. The van der Waals surface area contributed by atoms with E-state index in [0.29, 0.717) is 12.5 Å². The Kier molecular flexibility index (Phi) is 3.26. The minimum atomic E-state index is 0.00444. The highest BCUT2D eigenvalue weighted by atomic mass is 16.2. The molecule has 5 nitrogen and oxygen atoms in total. The molecule has 0 fully saturated rings. The Hall–Kier alpha value is -1.65. The van der Waals surface area contributed by atoms with E-state index < -0.39 is 0 Å². The van der Waals surface area contributed by atoms with Gasteiger partial charge in [0.15, 0.2) is 0 Å². The first-order valence-corrected chi connectivity index (χ1v) is 5.90. The van der Waals surface area contributed by atoms with Gasteiger partial charge in [0.25, 0.3) is 0 Å². The van der Waals surface area contributed by atoms with Gasteiger partial charge in [0.2, 0.25) is 5.91 Å². The third-order valence-corrected chi connectivity index (χ3v) is 2.91. The summed E-state index contributed by atoms with van der Waals surface area (Å²) >= 11 is 0. The molecule has 1 aliphatic heterocycles. The largest absolute Gasteiger partial charge is 0.303 e. The molecule has 0 saturated carbocycles. The molecule has 2 rings (SSSR count). The number of anilines is 1. The maximum Gasteiger partial charge on any atom is 0.228 e. The third-order valence-electron chi connectivity index (χ3n) is 2.91. The Morgan fingerprint density at radius 2 is 2.35 bits per heavy atom. The standard InChI is InChI=1S/C12H17N3O2/c1-9-7-14(12(17)4-3-5-16)11-6-10(2)13-15(11)8-9/h5-6,9H,3-4,7-8H2,1-2H3. The van der Waals surface area contributed by atoms with Gasteiger partial charge in [0.05, 0.1) is 5.69 Å². The third kappa shape index (κ3) is 2.38. The minimum Gasteiger partial charge on any atom is -0.303 e. The number of nitrogens with zero attached hydrogens (tertiary/aromatic N) is 3. The fourth-order valence-electron chi connectivity index (χ4n) is 2.19. The normalized spacial score (nSPS) is 18.9. The quantitative estimate of drug-likeness (QED) is 0.738. The van der Waals surface area contributed by atoms with Crippen LogP contribution in [-0.4, -0.2) is 28.5 Å². The van der Waals surface area contributed by atoms with Crippen LogP contribution in [0.4, 0.5) is 5.82 Å². The first-order chi connectivity index (χ1) is 8.11. The van der Waals surface area contributed by atoms with Crippen LogP contribution in [0.3, 0.4) is 0 Å². The van der Waals surface area contributed by atoms with Crippen molar-refractivity contribution in [3.05, 3.63) is 11.8 Å². The minimum absolute atomic E-state index is 0.00444. The lowest BCUT2D eigenvalue weighted by Crippen LogP contribution is -2.41. The number of aldehydes is 1. The van der Waals surface area contributed by atoms with Gasteiger partial charge in [-0.3, -0.25) is 9.69 Å². The second-order valence-corrected chi connectivity index (χ2v) is 4.64. The number of aromatic nitrogens is 2. The van der Waals surface area contributed by atoms with Crippen LogP contribution < -0.4 is 4.90 Å². The first kappa shape index (κ1) is 11.8. The fourth-order valence-corrected chi connectivity index (χ4v) is 2.19. The molecule has 0 aliphatic carbocycles. The monoisotopic (exact) mass is 235 g/mol. The summed E-state index contributed by atoms with van der Waals surface area (Å²) in [6, 6.07) is 1.92. The van der Waals surface area contributed by atoms with Crippen molar-refractivity contribution < 1.29 is 9.59 Å². The van der Waals surface area contributed by atoms with Crippen LogP contribution in [0, 0.1) is 12.8 Å². The van der Waals surface area contributed by atoms with E-state index in [9.17, 15) is 9.59 Å². The number of amides is 1. The summed E-state index contributed by atoms with van der Waals surface area (Å²) in [5.74, 6) is 1.25. The van der Waals surface area contributed by atoms with Crippen LogP contribution in [0.1, 0.15) is 25.5 Å². The van der Waals surface area contributed by atoms with Crippen molar-refractivity contribution >= 4 is 18.0 Å². The molecule has 0 radical (unpaired) electrons. The summed E-state index contributed by atoms with van der Waals surface area (Å²) in [6.07, 6.45) is 1.35. The Morgan fingerprint density at radius 3 is 3.06 bits per heavy atom. The summed E-state index contributed by atoms with van der Waals surface area (Å²) in [5.41, 5.74) is 0.919. The van der Waals surface area contributed by atoms with E-state index in [1.54, 1.807) is 4.90 Å². The van der Waals surface area contributed by atoms with Gasteiger partial charge in [-0.1, -0.05) is 6.92 Å². The molecule has 1 amide bonds. The topological polar surface area (TPSA) is 55.2 Å². The number of hydrogen-bond acceptors (Lipinski definition) is 3. The maximum atomic E-state index is 12.0. The van der Waals surface area contributed by atoms with Crippen LogP contribution in [0.5, 0.6) is 0 Å². The van der Waals surface area contributed by atoms with Crippen molar-refractivity contribution in [1.29, 1.82) is 0 Å². The molecular weight excluding hydrogens is 218 g/mol. The highest BCUT2D eigenvalue weighted by molar-refractivity contribution is 5.93. The van der Waals surface area contributed by atoms with Crippen LogP contribution in [-0.2, 0) is 16.1 Å². The molecular formula is C12H17N3O2. The summed E-state index contributed by atoms with van der Waals surface area (Å²) in [4.78, 5) is 24.1. The van der Waals surface area contributed by atoms with E-state index in [4.69, 9.17) is 0 Å². The summed E-state index contributed by atoms with van der Waals surface area (Å²) in [5, 5.41) is 4.37. The smallest absolute Gasteiger partial charge is 0.228 e. The molecule has 0 spiro atoms. The highest BCUT2D eigenvalue weighted by Crippen LogP contribution is 2.25. The van der Waals surface area contributed by atoms with Crippen molar-refractivity contribution in [2.24, 2.45) is 5.92 Å². The van der Waals surface area contributed by atoms with Crippen LogP contribution in [0.15, 0.2) is 6.07 Å². The van der Waals surface area contributed by atoms with Gasteiger partial charge in [0, 0.05) is 32.0 Å². The molecule has 92 valence electrons. The van der Waals surface area contributed by atoms with E-state index in [1.165, 1.54) is 0 Å². The zero-order valence-electron chi connectivity index (χ0n) is 10.2. The molecule has 1 atom stereocenters. The highest BCUT2D eigenvalue weighted by Gasteiger charge is 2.27. The molecule has 1 aromatic heterocycles. The second kappa shape index (κ2) is 4.69. The molecule has 0 bridgehead atoms. The first-order valence-electron chi connectivity index (χ1n) is 5.90. The lowest BCUT2D eigenvalue weighted by molar-refractivity contribution is -0.120. The van der Waals surface area contributed by atoms with E-state index in [-0.39, 0.29) is 18.7 Å². The van der Waals surface area contributed by atoms with Crippen molar-refractivity contribution in [3.63, 3.8) is 0 Å². The number of aryl methyl sites for hydroxylation is 1. The summed E-state index contributed by atoms with van der Waals surface area (Å²) in [6.45, 7) is 5.58. The maximum absolute atomic E-state index is 12.0. The molecule has 1 aliphatic rings. The van der Waals surface area contributed by atoms with Crippen LogP contribution in [0.2, 0.25) is 0 Å². The lowest BCUT2D eigenvalue weighted by Gasteiger charge is -2.31.